The lowest BCUT2D eigenvalue weighted by molar-refractivity contribution is 0.0788. The van der Waals surface area contributed by atoms with E-state index in [2.05, 4.69) is 15.0 Å². The number of imidazole rings is 2. The van der Waals surface area contributed by atoms with Crippen molar-refractivity contribution in [2.24, 2.45) is 0 Å². The summed E-state index contributed by atoms with van der Waals surface area (Å²) in [6, 6.07) is 5.73. The van der Waals surface area contributed by atoms with Gasteiger partial charge in [-0.2, -0.15) is 0 Å². The lowest BCUT2D eigenvalue weighted by Gasteiger charge is -2.16. The lowest BCUT2D eigenvalue weighted by Crippen LogP contribution is -2.30. The number of nitrogens with one attached hydrogen (secondary N) is 1. The number of amides is 1. The Bertz CT molecular complexity index is 1090. The van der Waals surface area contributed by atoms with Gasteiger partial charge in [0.05, 0.1) is 23.8 Å². The van der Waals surface area contributed by atoms with Gasteiger partial charge in [0.2, 0.25) is 0 Å². The molecule has 1 aromatic carbocycles. The van der Waals surface area contributed by atoms with Crippen molar-refractivity contribution in [3.63, 3.8) is 0 Å². The Morgan fingerprint density at radius 3 is 3.04 bits per heavy atom. The quantitative estimate of drug-likeness (QED) is 0.587. The average molecular weight is 369 g/mol. The van der Waals surface area contributed by atoms with Gasteiger partial charge in [0.15, 0.2) is 4.96 Å². The molecule has 0 aliphatic carbocycles. The van der Waals surface area contributed by atoms with E-state index in [0.29, 0.717) is 18.7 Å². The van der Waals surface area contributed by atoms with E-state index in [1.54, 1.807) is 19.1 Å². The molecule has 4 aromatic rings. The Hall–Kier alpha value is -2.87. The zero-order valence-corrected chi connectivity index (χ0v) is 15.6. The molecule has 0 atom stereocenters. The summed E-state index contributed by atoms with van der Waals surface area (Å²) < 4.78 is 7.09. The van der Waals surface area contributed by atoms with E-state index in [4.69, 9.17) is 4.74 Å². The van der Waals surface area contributed by atoms with Gasteiger partial charge < -0.3 is 14.6 Å². The fraction of sp³-hybridized carbons (Fsp3) is 0.278. The third-order valence-corrected chi connectivity index (χ3v) is 5.16. The van der Waals surface area contributed by atoms with E-state index < -0.39 is 0 Å². The van der Waals surface area contributed by atoms with Crippen molar-refractivity contribution >= 4 is 33.2 Å². The number of fused-ring (bicyclic) bond motifs is 2. The molecule has 0 bridgehead atoms. The highest BCUT2D eigenvalue weighted by Gasteiger charge is 2.20. The van der Waals surface area contributed by atoms with Crippen molar-refractivity contribution in [1.29, 1.82) is 0 Å². The zero-order chi connectivity index (χ0) is 18.3. The van der Waals surface area contributed by atoms with Crippen molar-refractivity contribution in [2.75, 3.05) is 20.7 Å². The Morgan fingerprint density at radius 2 is 2.23 bits per heavy atom. The number of ether oxygens (including phenoxy) is 1. The number of methoxy groups -OCH3 is 1. The maximum absolute atomic E-state index is 12.8. The standard InChI is InChI=1S/C18H19N5O2S/c1-11-16(23-8-9-26-18(23)19-11)17(24)22(2)7-6-15-20-13-5-4-12(25-3)10-14(13)21-15/h4-5,8-10H,6-7H2,1-3H3,(H,20,21). The molecule has 0 radical (unpaired) electrons. The number of aryl methyl sites for hydroxylation is 1. The van der Waals surface area contributed by atoms with Crippen LogP contribution < -0.4 is 4.74 Å². The minimum absolute atomic E-state index is 0.0359. The second-order valence-electron chi connectivity index (χ2n) is 6.14. The summed E-state index contributed by atoms with van der Waals surface area (Å²) in [7, 11) is 3.45. The van der Waals surface area contributed by atoms with Crippen molar-refractivity contribution in [3.8, 4) is 5.75 Å². The molecule has 3 heterocycles. The van der Waals surface area contributed by atoms with Gasteiger partial charge in [0, 0.05) is 37.7 Å². The number of hydrogen-bond acceptors (Lipinski definition) is 5. The number of hydrogen-bond donors (Lipinski definition) is 1. The maximum Gasteiger partial charge on any atom is 0.272 e. The highest BCUT2D eigenvalue weighted by Crippen LogP contribution is 2.20. The van der Waals surface area contributed by atoms with Crippen LogP contribution in [-0.4, -0.2) is 50.9 Å². The van der Waals surface area contributed by atoms with Gasteiger partial charge in [-0.3, -0.25) is 9.20 Å². The molecule has 1 amide bonds. The SMILES string of the molecule is COc1ccc2nc(CCN(C)C(=O)c3c(C)nc4sccn34)[nH]c2c1. The first-order chi connectivity index (χ1) is 12.6. The summed E-state index contributed by atoms with van der Waals surface area (Å²) in [5.74, 6) is 1.60. The molecule has 3 aromatic heterocycles. The third-order valence-electron chi connectivity index (χ3n) is 4.41. The van der Waals surface area contributed by atoms with Crippen LogP contribution in [0.1, 0.15) is 22.0 Å². The van der Waals surface area contributed by atoms with Crippen LogP contribution >= 0.6 is 11.3 Å². The molecule has 8 heteroatoms. The molecule has 7 nitrogen and oxygen atoms in total. The molecule has 0 aliphatic heterocycles. The first-order valence-corrected chi connectivity index (χ1v) is 9.15. The molecule has 134 valence electrons. The Kier molecular flexibility index (Phi) is 4.12. The highest BCUT2D eigenvalue weighted by molar-refractivity contribution is 7.15. The number of carbonyl (C=O) groups excluding carboxylic acids is 1. The van der Waals surface area contributed by atoms with Gasteiger partial charge in [-0.1, -0.05) is 0 Å². The maximum atomic E-state index is 12.8. The molecule has 1 N–H and O–H groups in total. The number of likely N-dealkylation sites (N-methyl/N-ethyl adjacent to an activating group) is 1. The summed E-state index contributed by atoms with van der Waals surface area (Å²) in [6.45, 7) is 2.43. The van der Waals surface area contributed by atoms with Crippen LogP contribution in [0.3, 0.4) is 0 Å². The molecule has 0 saturated heterocycles. The first kappa shape index (κ1) is 16.6. The van der Waals surface area contributed by atoms with Crippen LogP contribution in [-0.2, 0) is 6.42 Å². The largest absolute Gasteiger partial charge is 0.497 e. The predicted molar refractivity (Wildman–Crippen MR) is 101 cm³/mol. The van der Waals surface area contributed by atoms with Gasteiger partial charge in [-0.15, -0.1) is 11.3 Å². The molecule has 0 fully saturated rings. The Morgan fingerprint density at radius 1 is 1.38 bits per heavy atom. The first-order valence-electron chi connectivity index (χ1n) is 8.27. The van der Waals surface area contributed by atoms with Gasteiger partial charge in [0.25, 0.3) is 5.91 Å². The molecular formula is C18H19N5O2S. The van der Waals surface area contributed by atoms with E-state index >= 15 is 0 Å². The Balaban J connectivity index is 1.49. The van der Waals surface area contributed by atoms with E-state index in [-0.39, 0.29) is 5.91 Å². The second-order valence-corrected chi connectivity index (χ2v) is 7.02. The van der Waals surface area contributed by atoms with Gasteiger partial charge in [-0.05, 0) is 19.1 Å². The second kappa shape index (κ2) is 6.45. The van der Waals surface area contributed by atoms with Crippen LogP contribution in [0, 0.1) is 6.92 Å². The van der Waals surface area contributed by atoms with E-state index in [0.717, 1.165) is 33.3 Å². The summed E-state index contributed by atoms with van der Waals surface area (Å²) in [6.07, 6.45) is 2.53. The number of benzene rings is 1. The van der Waals surface area contributed by atoms with E-state index in [1.165, 1.54) is 11.3 Å². The van der Waals surface area contributed by atoms with Gasteiger partial charge >= 0.3 is 0 Å². The number of H-pyrrole nitrogens is 1. The molecule has 0 saturated carbocycles. The monoisotopic (exact) mass is 369 g/mol. The topological polar surface area (TPSA) is 75.5 Å². The molecule has 0 unspecified atom stereocenters. The fourth-order valence-corrected chi connectivity index (χ4v) is 3.75. The van der Waals surface area contributed by atoms with Crippen LogP contribution in [0.5, 0.6) is 5.75 Å². The van der Waals surface area contributed by atoms with Crippen LogP contribution in [0.2, 0.25) is 0 Å². The van der Waals surface area contributed by atoms with Crippen molar-refractivity contribution < 1.29 is 9.53 Å². The van der Waals surface area contributed by atoms with Gasteiger partial charge in [0.1, 0.15) is 17.3 Å². The number of rotatable bonds is 5. The summed E-state index contributed by atoms with van der Waals surface area (Å²) in [5, 5.41) is 1.93. The number of aromatic nitrogens is 4. The van der Waals surface area contributed by atoms with Gasteiger partial charge in [-0.25, -0.2) is 9.97 Å². The number of thiazole rings is 1. The normalized spacial score (nSPS) is 11.3. The molecule has 0 spiro atoms. The zero-order valence-electron chi connectivity index (χ0n) is 14.8. The molecule has 26 heavy (non-hydrogen) atoms. The summed E-state index contributed by atoms with van der Waals surface area (Å²) in [4.78, 5) is 27.7. The van der Waals surface area contributed by atoms with Crippen molar-refractivity contribution in [1.82, 2.24) is 24.3 Å². The van der Waals surface area contributed by atoms with Crippen molar-refractivity contribution in [2.45, 2.75) is 13.3 Å². The average Bonchev–Trinajstić information content (AvgIpc) is 3.31. The van der Waals surface area contributed by atoms with Crippen LogP contribution in [0.4, 0.5) is 0 Å². The molecule has 4 rings (SSSR count). The minimum atomic E-state index is -0.0359. The smallest absolute Gasteiger partial charge is 0.272 e. The number of nitrogens with zero attached hydrogens (tertiary/aromatic N) is 4. The Labute approximate surface area is 154 Å². The van der Waals surface area contributed by atoms with E-state index in [9.17, 15) is 4.79 Å². The summed E-state index contributed by atoms with van der Waals surface area (Å²) >= 11 is 1.52. The fourth-order valence-electron chi connectivity index (χ4n) is 2.99. The molecular weight excluding hydrogens is 350 g/mol. The lowest BCUT2D eigenvalue weighted by atomic mass is 10.3. The van der Waals surface area contributed by atoms with Crippen LogP contribution in [0.15, 0.2) is 29.8 Å². The number of carbonyl (C=O) groups is 1. The summed E-state index contributed by atoms with van der Waals surface area (Å²) in [5.41, 5.74) is 3.20. The van der Waals surface area contributed by atoms with E-state index in [1.807, 2.05) is 41.1 Å². The minimum Gasteiger partial charge on any atom is -0.497 e. The van der Waals surface area contributed by atoms with Crippen LogP contribution in [0.25, 0.3) is 16.0 Å². The third kappa shape index (κ3) is 2.82. The number of aromatic amines is 1. The van der Waals surface area contributed by atoms with Crippen molar-refractivity contribution in [3.05, 3.63) is 47.0 Å². The highest BCUT2D eigenvalue weighted by atomic mass is 32.1. The predicted octanol–water partition coefficient (Wildman–Crippen LogP) is 2.90. The molecule has 0 aliphatic rings.